The van der Waals surface area contributed by atoms with Crippen LogP contribution in [0, 0.1) is 49.4 Å². The highest BCUT2D eigenvalue weighted by Crippen LogP contribution is 2.42. The number of aryl methyl sites for hydroxylation is 2. The third kappa shape index (κ3) is 7.81. The van der Waals surface area contributed by atoms with Gasteiger partial charge in [0, 0.05) is 6.42 Å². The van der Waals surface area contributed by atoms with E-state index in [1.165, 1.54) is 101 Å². The molecule has 5 rings (SSSR count). The Balaban J connectivity index is 0.949. The van der Waals surface area contributed by atoms with Crippen LogP contribution in [0.4, 0.5) is 0 Å². The zero-order valence-corrected chi connectivity index (χ0v) is 22.8. The quantitative estimate of drug-likeness (QED) is 0.370. The van der Waals surface area contributed by atoms with E-state index in [-0.39, 0.29) is 6.29 Å². The molecule has 1 aliphatic heterocycles. The van der Waals surface area contributed by atoms with Crippen LogP contribution in [0.25, 0.3) is 0 Å². The lowest BCUT2D eigenvalue weighted by atomic mass is 9.70. The maximum absolute atomic E-state index is 5.68. The molecule has 4 fully saturated rings. The summed E-state index contributed by atoms with van der Waals surface area (Å²) in [7, 11) is 0. The number of hydrogen-bond donors (Lipinski definition) is 0. The van der Waals surface area contributed by atoms with Gasteiger partial charge in [0.2, 0.25) is 0 Å². The number of hydrogen-bond acceptors (Lipinski definition) is 2. The molecule has 0 atom stereocenters. The molecule has 3 aliphatic carbocycles. The van der Waals surface area contributed by atoms with Crippen LogP contribution in [0.5, 0.6) is 0 Å². The second-order valence-electron chi connectivity index (χ2n) is 13.2. The number of rotatable bonds is 8. The van der Waals surface area contributed by atoms with E-state index in [1.807, 2.05) is 0 Å². The fourth-order valence-corrected chi connectivity index (χ4v) is 8.36. The first-order valence-corrected chi connectivity index (χ1v) is 15.4. The Kier molecular flexibility index (Phi) is 9.27. The first-order valence-electron chi connectivity index (χ1n) is 15.4. The summed E-state index contributed by atoms with van der Waals surface area (Å²) in [6.07, 6.45) is 23.4. The minimum Gasteiger partial charge on any atom is -0.350 e. The maximum atomic E-state index is 5.68. The van der Waals surface area contributed by atoms with Crippen molar-refractivity contribution in [2.24, 2.45) is 35.5 Å². The minimum absolute atomic E-state index is 0.110. The van der Waals surface area contributed by atoms with Gasteiger partial charge in [0.1, 0.15) is 0 Å². The summed E-state index contributed by atoms with van der Waals surface area (Å²) >= 11 is 0. The standard InChI is InChI=1S/C33H52O2/c1-24-17-25(2)19-32(18-24)22-30-9-7-28(8-10-30)20-26-3-5-27(6-4-26)21-29-11-13-31(14-12-29)23-33-34-15-16-35-33/h17-19,26-31,33H,3-16,20-23H2,1-2H3. The molecule has 0 amide bonds. The van der Waals surface area contributed by atoms with Gasteiger partial charge in [-0.15, -0.1) is 0 Å². The summed E-state index contributed by atoms with van der Waals surface area (Å²) in [6.45, 7) is 6.10. The zero-order chi connectivity index (χ0) is 24.0. The molecular weight excluding hydrogens is 428 g/mol. The van der Waals surface area contributed by atoms with Crippen molar-refractivity contribution < 1.29 is 9.47 Å². The molecule has 2 heteroatoms. The average Bonchev–Trinajstić information content (AvgIpc) is 3.35. The molecule has 0 spiro atoms. The molecule has 35 heavy (non-hydrogen) atoms. The van der Waals surface area contributed by atoms with Crippen LogP contribution >= 0.6 is 0 Å². The third-order valence-corrected chi connectivity index (χ3v) is 10.3. The normalized spacial score (nSPS) is 34.8. The number of ether oxygens (including phenoxy) is 2. The maximum Gasteiger partial charge on any atom is 0.158 e. The molecule has 1 aromatic rings. The summed E-state index contributed by atoms with van der Waals surface area (Å²) in [5.74, 6) is 5.87. The molecule has 0 unspecified atom stereocenters. The summed E-state index contributed by atoms with van der Waals surface area (Å²) < 4.78 is 11.4. The Hall–Kier alpha value is -0.860. The van der Waals surface area contributed by atoms with Gasteiger partial charge in [-0.05, 0) is 99.9 Å². The molecule has 1 saturated heterocycles. The van der Waals surface area contributed by atoms with Gasteiger partial charge in [-0.25, -0.2) is 0 Å². The summed E-state index contributed by atoms with van der Waals surface area (Å²) in [5.41, 5.74) is 4.44. The van der Waals surface area contributed by atoms with E-state index in [0.29, 0.717) is 0 Å². The molecule has 3 saturated carbocycles. The Morgan fingerprint density at radius 3 is 1.31 bits per heavy atom. The number of benzene rings is 1. The summed E-state index contributed by atoms with van der Waals surface area (Å²) in [4.78, 5) is 0. The van der Waals surface area contributed by atoms with Crippen molar-refractivity contribution in [1.82, 2.24) is 0 Å². The van der Waals surface area contributed by atoms with E-state index >= 15 is 0 Å². The second-order valence-corrected chi connectivity index (χ2v) is 13.2. The lowest BCUT2D eigenvalue weighted by Gasteiger charge is -2.36. The Morgan fingerprint density at radius 1 is 0.514 bits per heavy atom. The smallest absolute Gasteiger partial charge is 0.158 e. The minimum atomic E-state index is 0.110. The average molecular weight is 481 g/mol. The van der Waals surface area contributed by atoms with Crippen molar-refractivity contribution in [1.29, 1.82) is 0 Å². The van der Waals surface area contributed by atoms with Gasteiger partial charge >= 0.3 is 0 Å². The van der Waals surface area contributed by atoms with Crippen LogP contribution < -0.4 is 0 Å². The molecule has 1 heterocycles. The Morgan fingerprint density at radius 2 is 0.886 bits per heavy atom. The van der Waals surface area contributed by atoms with Gasteiger partial charge in [-0.3, -0.25) is 0 Å². The molecule has 1 aromatic carbocycles. The van der Waals surface area contributed by atoms with Crippen LogP contribution in [-0.2, 0) is 15.9 Å². The van der Waals surface area contributed by atoms with Crippen molar-refractivity contribution in [2.45, 2.75) is 123 Å². The highest BCUT2D eigenvalue weighted by Gasteiger charge is 2.30. The molecule has 0 N–H and O–H groups in total. The lowest BCUT2D eigenvalue weighted by Crippen LogP contribution is -2.24. The van der Waals surface area contributed by atoms with Crippen molar-refractivity contribution in [3.8, 4) is 0 Å². The zero-order valence-electron chi connectivity index (χ0n) is 22.8. The van der Waals surface area contributed by atoms with E-state index in [2.05, 4.69) is 32.0 Å². The second kappa shape index (κ2) is 12.6. The predicted molar refractivity (Wildman–Crippen MR) is 146 cm³/mol. The topological polar surface area (TPSA) is 18.5 Å². The van der Waals surface area contributed by atoms with Crippen molar-refractivity contribution in [3.63, 3.8) is 0 Å². The molecule has 0 bridgehead atoms. The van der Waals surface area contributed by atoms with Crippen LogP contribution in [0.2, 0.25) is 0 Å². The van der Waals surface area contributed by atoms with E-state index in [0.717, 1.165) is 55.1 Å². The molecule has 4 aliphatic rings. The van der Waals surface area contributed by atoms with E-state index < -0.39 is 0 Å². The molecule has 196 valence electrons. The van der Waals surface area contributed by atoms with Crippen LogP contribution in [0.3, 0.4) is 0 Å². The van der Waals surface area contributed by atoms with Gasteiger partial charge in [-0.1, -0.05) is 80.7 Å². The molecule has 2 nitrogen and oxygen atoms in total. The summed E-state index contributed by atoms with van der Waals surface area (Å²) in [5, 5.41) is 0. The van der Waals surface area contributed by atoms with E-state index in [9.17, 15) is 0 Å². The van der Waals surface area contributed by atoms with Gasteiger partial charge in [0.25, 0.3) is 0 Å². The van der Waals surface area contributed by atoms with Gasteiger partial charge in [0.05, 0.1) is 13.2 Å². The molecule has 0 radical (unpaired) electrons. The van der Waals surface area contributed by atoms with Crippen LogP contribution in [0.15, 0.2) is 18.2 Å². The van der Waals surface area contributed by atoms with Crippen molar-refractivity contribution in [3.05, 3.63) is 34.9 Å². The SMILES string of the molecule is Cc1cc(C)cc(CC2CCC(CC3CCC(CC4CCC(CC5OCCO5)CC4)CC3)CC2)c1. The Labute approximate surface area is 215 Å². The van der Waals surface area contributed by atoms with Gasteiger partial charge in [0.15, 0.2) is 6.29 Å². The van der Waals surface area contributed by atoms with E-state index in [4.69, 9.17) is 9.47 Å². The molecular formula is C33H52O2. The first-order chi connectivity index (χ1) is 17.1. The van der Waals surface area contributed by atoms with Crippen LogP contribution in [0.1, 0.15) is 113 Å². The Bertz CT molecular complexity index is 737. The van der Waals surface area contributed by atoms with Crippen molar-refractivity contribution >= 4 is 0 Å². The first kappa shape index (κ1) is 25.8. The van der Waals surface area contributed by atoms with E-state index in [1.54, 1.807) is 12.0 Å². The lowest BCUT2D eigenvalue weighted by molar-refractivity contribution is -0.0610. The highest BCUT2D eigenvalue weighted by atomic mass is 16.7. The fourth-order valence-electron chi connectivity index (χ4n) is 8.36. The largest absolute Gasteiger partial charge is 0.350 e. The summed E-state index contributed by atoms with van der Waals surface area (Å²) in [6, 6.07) is 7.15. The van der Waals surface area contributed by atoms with Gasteiger partial charge in [-0.2, -0.15) is 0 Å². The fraction of sp³-hybridized carbons (Fsp3) is 0.818. The van der Waals surface area contributed by atoms with Gasteiger partial charge < -0.3 is 9.47 Å². The van der Waals surface area contributed by atoms with Crippen LogP contribution in [-0.4, -0.2) is 19.5 Å². The third-order valence-electron chi connectivity index (χ3n) is 10.3. The predicted octanol–water partition coefficient (Wildman–Crippen LogP) is 8.81. The monoisotopic (exact) mass is 480 g/mol. The molecule has 0 aromatic heterocycles. The van der Waals surface area contributed by atoms with Crippen molar-refractivity contribution in [2.75, 3.05) is 13.2 Å². The highest BCUT2D eigenvalue weighted by molar-refractivity contribution is 5.28.